The second-order valence-electron chi connectivity index (χ2n) is 14.6. The first-order chi connectivity index (χ1) is 20.7. The van der Waals surface area contributed by atoms with Crippen LogP contribution in [0.4, 0.5) is 0 Å². The van der Waals surface area contributed by atoms with Crippen molar-refractivity contribution in [2.45, 2.75) is 240 Å². The third-order valence-electron chi connectivity index (χ3n) is 9.66. The van der Waals surface area contributed by atoms with Gasteiger partial charge in [0.05, 0.1) is 0 Å². The lowest BCUT2D eigenvalue weighted by molar-refractivity contribution is 0.254. The van der Waals surface area contributed by atoms with Crippen LogP contribution in [0.2, 0.25) is 0 Å². The fourth-order valence-electron chi connectivity index (χ4n) is 6.64. The molecule has 0 fully saturated rings. The zero-order valence-electron chi connectivity index (χ0n) is 30.5. The first-order valence-corrected chi connectivity index (χ1v) is 20.4. The predicted octanol–water partition coefficient (Wildman–Crippen LogP) is 14.9. The largest absolute Gasteiger partial charge is 0.303 e. The van der Waals surface area contributed by atoms with E-state index in [1.54, 1.807) is 0 Å². The average Bonchev–Trinajstić information content (AvgIpc) is 2.98. The lowest BCUT2D eigenvalue weighted by Crippen LogP contribution is -2.27. The first-order valence-electron chi connectivity index (χ1n) is 20.4. The monoisotopic (exact) mass is 592 g/mol. The fraction of sp³-hybridized carbons (Fsp3) is 1.00. The maximum absolute atomic E-state index is 2.86. The Morgan fingerprint density at radius 3 is 0.738 bits per heavy atom. The summed E-state index contributed by atoms with van der Waals surface area (Å²) < 4.78 is 0. The van der Waals surface area contributed by atoms with Crippen LogP contribution in [0.5, 0.6) is 0 Å². The van der Waals surface area contributed by atoms with Gasteiger partial charge >= 0.3 is 0 Å². The van der Waals surface area contributed by atoms with Crippen molar-refractivity contribution in [1.29, 1.82) is 0 Å². The van der Waals surface area contributed by atoms with E-state index in [-0.39, 0.29) is 0 Å². The highest BCUT2D eigenvalue weighted by atomic mass is 15.1. The minimum atomic E-state index is 0.887. The fourth-order valence-corrected chi connectivity index (χ4v) is 6.64. The van der Waals surface area contributed by atoms with Crippen LogP contribution in [0.25, 0.3) is 0 Å². The Balaban J connectivity index is 3.91. The summed E-state index contributed by atoms with van der Waals surface area (Å²) in [5.74, 6) is 0.887. The van der Waals surface area contributed by atoms with Crippen LogP contribution in [0.3, 0.4) is 0 Å². The Morgan fingerprint density at radius 1 is 0.286 bits per heavy atom. The molecule has 0 unspecified atom stereocenters. The van der Waals surface area contributed by atoms with Gasteiger partial charge in [-0.15, -0.1) is 0 Å². The molecule has 42 heavy (non-hydrogen) atoms. The summed E-state index contributed by atoms with van der Waals surface area (Å²) in [6.07, 6.45) is 48.1. The molecule has 0 spiro atoms. The molecule has 0 N–H and O–H groups in total. The van der Waals surface area contributed by atoms with Gasteiger partial charge in [0, 0.05) is 0 Å². The van der Waals surface area contributed by atoms with Crippen LogP contribution in [0.1, 0.15) is 240 Å². The van der Waals surface area contributed by atoms with E-state index in [2.05, 4.69) is 32.6 Å². The van der Waals surface area contributed by atoms with E-state index in [1.165, 1.54) is 232 Å². The average molecular weight is 592 g/mol. The molecular formula is C41H85N. The molecule has 0 rings (SSSR count). The van der Waals surface area contributed by atoms with Crippen LogP contribution >= 0.6 is 0 Å². The molecule has 254 valence electrons. The maximum atomic E-state index is 2.86. The van der Waals surface area contributed by atoms with E-state index < -0.39 is 0 Å². The van der Waals surface area contributed by atoms with Crippen molar-refractivity contribution in [3.05, 3.63) is 0 Å². The highest BCUT2D eigenvalue weighted by molar-refractivity contribution is 4.61. The molecule has 0 amide bonds. The quantitative estimate of drug-likeness (QED) is 0.0649. The van der Waals surface area contributed by atoms with Crippen molar-refractivity contribution in [2.24, 2.45) is 5.92 Å². The second kappa shape index (κ2) is 37.1. The standard InChI is InChI=1S/C41H85N/c1-5-7-9-11-13-15-17-19-22-26-30-34-38-42(40-36-32-28-24-21-25-29-33-37-41(3)4)39-35-31-27-23-20-18-16-14-12-10-8-6-2/h41H,5-40H2,1-4H3. The summed E-state index contributed by atoms with van der Waals surface area (Å²) in [6, 6.07) is 0. The molecule has 0 aromatic heterocycles. The minimum Gasteiger partial charge on any atom is -0.303 e. The summed E-state index contributed by atoms with van der Waals surface area (Å²) in [6.45, 7) is 13.5. The van der Waals surface area contributed by atoms with Gasteiger partial charge in [0.1, 0.15) is 0 Å². The molecule has 1 nitrogen and oxygen atoms in total. The Labute approximate surface area is 269 Å². The van der Waals surface area contributed by atoms with E-state index in [1.807, 2.05) is 0 Å². The summed E-state index contributed by atoms with van der Waals surface area (Å²) in [5.41, 5.74) is 0. The van der Waals surface area contributed by atoms with E-state index in [4.69, 9.17) is 0 Å². The zero-order chi connectivity index (χ0) is 30.6. The van der Waals surface area contributed by atoms with Gasteiger partial charge in [0.15, 0.2) is 0 Å². The highest BCUT2D eigenvalue weighted by Crippen LogP contribution is 2.16. The number of rotatable bonds is 37. The predicted molar refractivity (Wildman–Crippen MR) is 195 cm³/mol. The number of unbranched alkanes of at least 4 members (excludes halogenated alkanes) is 29. The van der Waals surface area contributed by atoms with E-state index in [0.717, 1.165) is 5.92 Å². The summed E-state index contributed by atoms with van der Waals surface area (Å²) in [4.78, 5) is 2.86. The SMILES string of the molecule is CCCCCCCCCCCCCCN(CCCCCCCCCCCCCC)CCCCCCCCCCC(C)C. The summed E-state index contributed by atoms with van der Waals surface area (Å²) >= 11 is 0. The molecule has 1 heteroatoms. The lowest BCUT2D eigenvalue weighted by atomic mass is 10.0. The Morgan fingerprint density at radius 2 is 0.500 bits per heavy atom. The van der Waals surface area contributed by atoms with Crippen molar-refractivity contribution >= 4 is 0 Å². The van der Waals surface area contributed by atoms with Crippen LogP contribution in [-0.4, -0.2) is 24.5 Å². The third-order valence-corrected chi connectivity index (χ3v) is 9.66. The molecular weight excluding hydrogens is 506 g/mol. The topological polar surface area (TPSA) is 3.24 Å². The minimum absolute atomic E-state index is 0.887. The van der Waals surface area contributed by atoms with E-state index in [0.29, 0.717) is 0 Å². The molecule has 0 bridgehead atoms. The van der Waals surface area contributed by atoms with Crippen molar-refractivity contribution in [1.82, 2.24) is 4.90 Å². The first kappa shape index (κ1) is 42.0. The van der Waals surface area contributed by atoms with Crippen LogP contribution in [0.15, 0.2) is 0 Å². The maximum Gasteiger partial charge on any atom is -0.00187 e. The van der Waals surface area contributed by atoms with Crippen molar-refractivity contribution in [3.8, 4) is 0 Å². The van der Waals surface area contributed by atoms with Gasteiger partial charge in [0.25, 0.3) is 0 Å². The van der Waals surface area contributed by atoms with E-state index in [9.17, 15) is 0 Å². The molecule has 0 saturated heterocycles. The van der Waals surface area contributed by atoms with Crippen LogP contribution in [0, 0.1) is 5.92 Å². The lowest BCUT2D eigenvalue weighted by Gasteiger charge is -2.22. The van der Waals surface area contributed by atoms with Gasteiger partial charge in [-0.05, 0) is 44.8 Å². The Bertz CT molecular complexity index is 430. The molecule has 0 aliphatic heterocycles. The molecule has 0 aliphatic rings. The zero-order valence-corrected chi connectivity index (χ0v) is 30.5. The Kier molecular flexibility index (Phi) is 37.1. The normalized spacial score (nSPS) is 11.9. The van der Waals surface area contributed by atoms with Crippen LogP contribution < -0.4 is 0 Å². The molecule has 0 saturated carbocycles. The van der Waals surface area contributed by atoms with Crippen molar-refractivity contribution < 1.29 is 0 Å². The van der Waals surface area contributed by atoms with E-state index >= 15 is 0 Å². The third kappa shape index (κ3) is 36.2. The molecule has 0 aromatic rings. The molecule has 0 aliphatic carbocycles. The second-order valence-corrected chi connectivity index (χ2v) is 14.6. The smallest absolute Gasteiger partial charge is 0.00187 e. The van der Waals surface area contributed by atoms with Gasteiger partial charge in [-0.25, -0.2) is 0 Å². The molecule has 0 radical (unpaired) electrons. The molecule has 0 atom stereocenters. The highest BCUT2D eigenvalue weighted by Gasteiger charge is 2.05. The summed E-state index contributed by atoms with van der Waals surface area (Å²) in [7, 11) is 0. The van der Waals surface area contributed by atoms with Gasteiger partial charge < -0.3 is 4.90 Å². The van der Waals surface area contributed by atoms with Gasteiger partial charge in [-0.1, -0.05) is 220 Å². The molecule has 0 heterocycles. The van der Waals surface area contributed by atoms with Crippen LogP contribution in [-0.2, 0) is 0 Å². The van der Waals surface area contributed by atoms with Gasteiger partial charge in [-0.3, -0.25) is 0 Å². The van der Waals surface area contributed by atoms with Crippen molar-refractivity contribution in [3.63, 3.8) is 0 Å². The molecule has 0 aromatic carbocycles. The van der Waals surface area contributed by atoms with Crippen molar-refractivity contribution in [2.75, 3.05) is 19.6 Å². The van der Waals surface area contributed by atoms with Gasteiger partial charge in [0.2, 0.25) is 0 Å². The Hall–Kier alpha value is -0.0400. The number of hydrogen-bond donors (Lipinski definition) is 0. The number of hydrogen-bond acceptors (Lipinski definition) is 1. The van der Waals surface area contributed by atoms with Gasteiger partial charge in [-0.2, -0.15) is 0 Å². The number of nitrogens with zero attached hydrogens (tertiary/aromatic N) is 1. The summed E-state index contributed by atoms with van der Waals surface area (Å²) in [5, 5.41) is 0.